The number of hydrogen-bond donors (Lipinski definition) is 1. The predicted octanol–water partition coefficient (Wildman–Crippen LogP) is 3.14. The van der Waals surface area contributed by atoms with Crippen molar-refractivity contribution in [3.8, 4) is 0 Å². The van der Waals surface area contributed by atoms with Gasteiger partial charge in [-0.05, 0) is 51.3 Å². The number of H-pyrrole nitrogens is 1. The molecule has 2 aliphatic heterocycles. The molecule has 1 amide bonds. The summed E-state index contributed by atoms with van der Waals surface area (Å²) in [5.41, 5.74) is 2.20. The second-order valence-corrected chi connectivity index (χ2v) is 7.43. The van der Waals surface area contributed by atoms with E-state index in [2.05, 4.69) is 35.0 Å². The maximum Gasteiger partial charge on any atom is 0.222 e. The fourth-order valence-corrected chi connectivity index (χ4v) is 4.45. The molecule has 0 saturated carbocycles. The number of carbonyl (C=O) groups is 1. The van der Waals surface area contributed by atoms with Crippen molar-refractivity contribution >= 4 is 16.9 Å². The quantitative estimate of drug-likeness (QED) is 0.934. The Bertz CT molecular complexity index is 707. The lowest BCUT2D eigenvalue weighted by Crippen LogP contribution is -2.42. The highest BCUT2D eigenvalue weighted by atomic mass is 16.2. The van der Waals surface area contributed by atoms with E-state index in [1.54, 1.807) is 0 Å². The molecule has 5 heteroatoms. The van der Waals surface area contributed by atoms with E-state index in [9.17, 15) is 4.79 Å². The molecular weight excluding hydrogens is 312 g/mol. The van der Waals surface area contributed by atoms with Gasteiger partial charge in [0.1, 0.15) is 5.82 Å². The number of nitrogens with zero attached hydrogens (tertiary/aromatic N) is 3. The maximum absolute atomic E-state index is 12.2. The van der Waals surface area contributed by atoms with Gasteiger partial charge in [0.05, 0.1) is 11.0 Å². The fraction of sp³-hybridized carbons (Fsp3) is 0.600. The minimum atomic E-state index is 0.329. The highest BCUT2D eigenvalue weighted by Gasteiger charge is 2.30. The van der Waals surface area contributed by atoms with Crippen LogP contribution in [0.25, 0.3) is 11.0 Å². The average molecular weight is 340 g/mol. The van der Waals surface area contributed by atoms with Crippen molar-refractivity contribution in [2.45, 2.75) is 51.0 Å². The number of rotatable bonds is 3. The summed E-state index contributed by atoms with van der Waals surface area (Å²) >= 11 is 0. The number of imidazole rings is 1. The van der Waals surface area contributed by atoms with Gasteiger partial charge in [0.15, 0.2) is 0 Å². The molecule has 2 unspecified atom stereocenters. The summed E-state index contributed by atoms with van der Waals surface area (Å²) < 4.78 is 0. The van der Waals surface area contributed by atoms with Gasteiger partial charge in [-0.3, -0.25) is 9.69 Å². The van der Waals surface area contributed by atoms with E-state index in [4.69, 9.17) is 4.98 Å². The van der Waals surface area contributed by atoms with Crippen molar-refractivity contribution in [3.05, 3.63) is 30.1 Å². The zero-order valence-electron chi connectivity index (χ0n) is 15.1. The Balaban J connectivity index is 1.46. The first-order chi connectivity index (χ1) is 12.2. The van der Waals surface area contributed by atoms with Crippen LogP contribution in [0.15, 0.2) is 24.3 Å². The number of hydrogen-bond acceptors (Lipinski definition) is 3. The third kappa shape index (κ3) is 3.43. The van der Waals surface area contributed by atoms with Gasteiger partial charge in [0, 0.05) is 38.0 Å². The topological polar surface area (TPSA) is 52.2 Å². The molecule has 5 nitrogen and oxygen atoms in total. The van der Waals surface area contributed by atoms with Crippen LogP contribution in [-0.2, 0) is 4.79 Å². The predicted molar refractivity (Wildman–Crippen MR) is 99.5 cm³/mol. The van der Waals surface area contributed by atoms with E-state index in [-0.39, 0.29) is 0 Å². The van der Waals surface area contributed by atoms with Crippen molar-refractivity contribution in [3.63, 3.8) is 0 Å². The van der Waals surface area contributed by atoms with E-state index in [0.717, 1.165) is 55.9 Å². The molecule has 3 heterocycles. The number of likely N-dealkylation sites (tertiary alicyclic amines) is 2. The largest absolute Gasteiger partial charge is 0.343 e. The van der Waals surface area contributed by atoms with E-state index in [1.807, 2.05) is 11.0 Å². The Kier molecular flexibility index (Phi) is 4.75. The zero-order chi connectivity index (χ0) is 17.2. The smallest absolute Gasteiger partial charge is 0.222 e. The van der Waals surface area contributed by atoms with E-state index in [0.29, 0.717) is 24.3 Å². The van der Waals surface area contributed by atoms with Crippen LogP contribution in [0.5, 0.6) is 0 Å². The summed E-state index contributed by atoms with van der Waals surface area (Å²) in [5.74, 6) is 1.93. The first kappa shape index (κ1) is 16.6. The van der Waals surface area contributed by atoms with Gasteiger partial charge in [-0.15, -0.1) is 0 Å². The van der Waals surface area contributed by atoms with Gasteiger partial charge in [-0.25, -0.2) is 4.98 Å². The molecule has 2 fully saturated rings. The minimum absolute atomic E-state index is 0.329. The summed E-state index contributed by atoms with van der Waals surface area (Å²) in [6.07, 6.45) is 5.21. The zero-order valence-corrected chi connectivity index (χ0v) is 15.1. The molecule has 2 aliphatic rings. The van der Waals surface area contributed by atoms with Crippen LogP contribution in [0, 0.1) is 0 Å². The molecule has 2 atom stereocenters. The van der Waals surface area contributed by atoms with Crippen molar-refractivity contribution in [1.82, 2.24) is 19.8 Å². The van der Waals surface area contributed by atoms with Crippen LogP contribution >= 0.6 is 0 Å². The minimum Gasteiger partial charge on any atom is -0.343 e. The lowest BCUT2D eigenvalue weighted by molar-refractivity contribution is -0.130. The molecule has 1 aromatic carbocycles. The number of amides is 1. The second kappa shape index (κ2) is 7.16. The maximum atomic E-state index is 12.2. The Morgan fingerprint density at radius 2 is 2.08 bits per heavy atom. The summed E-state index contributed by atoms with van der Waals surface area (Å²) in [4.78, 5) is 25.1. The number of piperidine rings is 1. The number of carbonyl (C=O) groups excluding carboxylic acids is 1. The van der Waals surface area contributed by atoms with Crippen molar-refractivity contribution in [2.24, 2.45) is 0 Å². The third-order valence-electron chi connectivity index (χ3n) is 5.92. The number of fused-ring (bicyclic) bond motifs is 1. The summed E-state index contributed by atoms with van der Waals surface area (Å²) in [7, 11) is 0. The first-order valence-corrected chi connectivity index (χ1v) is 9.71. The summed E-state index contributed by atoms with van der Waals surface area (Å²) in [5, 5.41) is 0. The van der Waals surface area contributed by atoms with Gasteiger partial charge >= 0.3 is 0 Å². The highest BCUT2D eigenvalue weighted by molar-refractivity contribution is 5.76. The molecule has 0 aliphatic carbocycles. The van der Waals surface area contributed by atoms with E-state index in [1.165, 1.54) is 12.8 Å². The van der Waals surface area contributed by atoms with Gasteiger partial charge in [0.2, 0.25) is 5.91 Å². The molecule has 25 heavy (non-hydrogen) atoms. The van der Waals surface area contributed by atoms with Crippen LogP contribution in [0.1, 0.15) is 50.8 Å². The Morgan fingerprint density at radius 3 is 2.92 bits per heavy atom. The Morgan fingerprint density at radius 1 is 1.20 bits per heavy atom. The first-order valence-electron chi connectivity index (χ1n) is 9.71. The van der Waals surface area contributed by atoms with Crippen LogP contribution in [0.3, 0.4) is 0 Å². The van der Waals surface area contributed by atoms with Crippen molar-refractivity contribution < 1.29 is 4.79 Å². The number of aromatic nitrogens is 2. The standard InChI is InChI=1S/C20H28N4O/c1-2-23-13-11-16(9-10-19(23)25)24-12-5-6-15(14-24)20-21-17-7-3-4-8-18(17)22-20/h3-4,7-8,15-16H,2,5-6,9-14H2,1H3,(H,21,22). The number of aromatic amines is 1. The molecule has 2 saturated heterocycles. The van der Waals surface area contributed by atoms with Gasteiger partial charge in [-0.2, -0.15) is 0 Å². The normalized spacial score (nSPS) is 26.1. The van der Waals surface area contributed by atoms with E-state index < -0.39 is 0 Å². The lowest BCUT2D eigenvalue weighted by Gasteiger charge is -2.37. The molecule has 1 N–H and O–H groups in total. The number of nitrogens with one attached hydrogen (secondary N) is 1. The Hall–Kier alpha value is -1.88. The van der Waals surface area contributed by atoms with Gasteiger partial charge < -0.3 is 9.88 Å². The second-order valence-electron chi connectivity index (χ2n) is 7.43. The van der Waals surface area contributed by atoms with Crippen LogP contribution in [0.4, 0.5) is 0 Å². The molecule has 2 aromatic rings. The lowest BCUT2D eigenvalue weighted by atomic mass is 9.94. The summed E-state index contributed by atoms with van der Waals surface area (Å²) in [6, 6.07) is 8.81. The molecule has 0 spiro atoms. The van der Waals surface area contributed by atoms with Gasteiger partial charge in [0.25, 0.3) is 0 Å². The average Bonchev–Trinajstić information content (AvgIpc) is 2.99. The van der Waals surface area contributed by atoms with Crippen LogP contribution < -0.4 is 0 Å². The molecule has 134 valence electrons. The Labute approximate surface area is 149 Å². The molecule has 0 bridgehead atoms. The van der Waals surface area contributed by atoms with Crippen molar-refractivity contribution in [1.29, 1.82) is 0 Å². The molecule has 0 radical (unpaired) electrons. The van der Waals surface area contributed by atoms with Crippen LogP contribution in [-0.4, -0.2) is 57.9 Å². The highest BCUT2D eigenvalue weighted by Crippen LogP contribution is 2.30. The number of para-hydroxylation sites is 2. The third-order valence-corrected chi connectivity index (χ3v) is 5.92. The SMILES string of the molecule is CCN1CCC(N2CCCC(c3nc4ccccc4[nH]3)C2)CCC1=O. The van der Waals surface area contributed by atoms with Gasteiger partial charge in [-0.1, -0.05) is 12.1 Å². The molecule has 1 aromatic heterocycles. The van der Waals surface area contributed by atoms with E-state index >= 15 is 0 Å². The molecular formula is C20H28N4O. The number of benzene rings is 1. The van der Waals surface area contributed by atoms with Crippen LogP contribution in [0.2, 0.25) is 0 Å². The molecule has 4 rings (SSSR count). The van der Waals surface area contributed by atoms with Crippen molar-refractivity contribution in [2.75, 3.05) is 26.2 Å². The summed E-state index contributed by atoms with van der Waals surface area (Å²) in [6.45, 7) is 6.04. The monoisotopic (exact) mass is 340 g/mol. The fourth-order valence-electron chi connectivity index (χ4n) is 4.45.